The minimum absolute atomic E-state index is 0.0415. The second-order valence-corrected chi connectivity index (χ2v) is 4.88. The van der Waals surface area contributed by atoms with Crippen LogP contribution in [-0.4, -0.2) is 29.1 Å². The molecule has 19 heavy (non-hydrogen) atoms. The number of hydrogen-bond acceptors (Lipinski definition) is 3. The number of rotatable bonds is 8. The Hall–Kier alpha value is -1.59. The lowest BCUT2D eigenvalue weighted by Gasteiger charge is -2.20. The van der Waals surface area contributed by atoms with Crippen LogP contribution in [0, 0.1) is 5.92 Å². The summed E-state index contributed by atoms with van der Waals surface area (Å²) in [6.07, 6.45) is 1.92. The molecule has 0 aliphatic carbocycles. The summed E-state index contributed by atoms with van der Waals surface area (Å²) in [6, 6.07) is -0.441. The van der Waals surface area contributed by atoms with Gasteiger partial charge in [0, 0.05) is 18.9 Å². The van der Waals surface area contributed by atoms with Crippen LogP contribution in [0.25, 0.3) is 0 Å². The van der Waals surface area contributed by atoms with Gasteiger partial charge in [0.15, 0.2) is 0 Å². The Morgan fingerprint density at radius 1 is 1.11 bits per heavy atom. The first-order valence-electron chi connectivity index (χ1n) is 6.69. The van der Waals surface area contributed by atoms with Crippen molar-refractivity contribution >= 4 is 17.9 Å². The topological polar surface area (TPSA) is 95.5 Å². The number of carboxylic acids is 1. The summed E-state index contributed by atoms with van der Waals surface area (Å²) in [6.45, 7) is 5.98. The van der Waals surface area contributed by atoms with Crippen LogP contribution in [0.3, 0.4) is 0 Å². The summed E-state index contributed by atoms with van der Waals surface area (Å²) in [5.41, 5.74) is 0. The van der Waals surface area contributed by atoms with Crippen LogP contribution >= 0.6 is 0 Å². The van der Waals surface area contributed by atoms with E-state index < -0.39 is 12.0 Å². The van der Waals surface area contributed by atoms with E-state index in [0.29, 0.717) is 18.8 Å². The average Bonchev–Trinajstić information content (AvgIpc) is 2.31. The molecule has 6 heteroatoms. The zero-order valence-electron chi connectivity index (χ0n) is 11.9. The molecule has 0 bridgehead atoms. The van der Waals surface area contributed by atoms with Crippen molar-refractivity contribution in [1.29, 1.82) is 0 Å². The van der Waals surface area contributed by atoms with E-state index in [9.17, 15) is 14.4 Å². The highest BCUT2D eigenvalue weighted by molar-refractivity contribution is 5.94. The van der Waals surface area contributed by atoms with Gasteiger partial charge < -0.3 is 10.4 Å². The molecule has 6 nitrogen and oxygen atoms in total. The fourth-order valence-corrected chi connectivity index (χ4v) is 1.70. The molecule has 110 valence electrons. The Morgan fingerprint density at radius 2 is 1.68 bits per heavy atom. The smallest absolute Gasteiger partial charge is 0.321 e. The minimum atomic E-state index is -0.874. The van der Waals surface area contributed by atoms with E-state index in [2.05, 4.69) is 10.6 Å². The van der Waals surface area contributed by atoms with Crippen LogP contribution in [0.15, 0.2) is 0 Å². The Bertz CT molecular complexity index is 316. The summed E-state index contributed by atoms with van der Waals surface area (Å²) in [5.74, 6) is -0.941. The predicted octanol–water partition coefficient (Wildman–Crippen LogP) is 1.89. The van der Waals surface area contributed by atoms with Gasteiger partial charge in [-0.3, -0.25) is 14.9 Å². The largest absolute Gasteiger partial charge is 0.481 e. The SMILES string of the molecule is CCC(NC(=O)NC(=O)CCCCC(=O)O)C(C)C. The maximum absolute atomic E-state index is 11.5. The molecule has 0 aliphatic rings. The summed E-state index contributed by atoms with van der Waals surface area (Å²) < 4.78 is 0. The monoisotopic (exact) mass is 272 g/mol. The molecule has 0 aromatic heterocycles. The maximum Gasteiger partial charge on any atom is 0.321 e. The van der Waals surface area contributed by atoms with Crippen molar-refractivity contribution in [1.82, 2.24) is 10.6 Å². The van der Waals surface area contributed by atoms with E-state index in [-0.39, 0.29) is 24.8 Å². The third-order valence-electron chi connectivity index (χ3n) is 2.86. The highest BCUT2D eigenvalue weighted by Crippen LogP contribution is 2.05. The van der Waals surface area contributed by atoms with Crippen molar-refractivity contribution < 1.29 is 19.5 Å². The molecular formula is C13H24N2O4. The van der Waals surface area contributed by atoms with Crippen LogP contribution in [0.4, 0.5) is 4.79 Å². The fraction of sp³-hybridized carbons (Fsp3) is 0.769. The van der Waals surface area contributed by atoms with Gasteiger partial charge in [-0.1, -0.05) is 20.8 Å². The maximum atomic E-state index is 11.5. The molecule has 0 aromatic rings. The summed E-state index contributed by atoms with van der Waals surface area (Å²) in [7, 11) is 0. The number of amides is 3. The zero-order valence-corrected chi connectivity index (χ0v) is 11.9. The molecule has 1 atom stereocenters. The molecule has 0 radical (unpaired) electrons. The second-order valence-electron chi connectivity index (χ2n) is 4.88. The number of urea groups is 1. The molecular weight excluding hydrogens is 248 g/mol. The molecule has 0 saturated heterocycles. The van der Waals surface area contributed by atoms with E-state index in [0.717, 1.165) is 6.42 Å². The molecule has 0 spiro atoms. The number of imide groups is 1. The van der Waals surface area contributed by atoms with Gasteiger partial charge in [0.05, 0.1) is 0 Å². The van der Waals surface area contributed by atoms with Gasteiger partial charge in [-0.25, -0.2) is 4.79 Å². The highest BCUT2D eigenvalue weighted by Gasteiger charge is 2.15. The third-order valence-corrected chi connectivity index (χ3v) is 2.86. The van der Waals surface area contributed by atoms with Crippen molar-refractivity contribution in [3.05, 3.63) is 0 Å². The lowest BCUT2D eigenvalue weighted by Crippen LogP contribution is -2.46. The summed E-state index contributed by atoms with van der Waals surface area (Å²) in [4.78, 5) is 33.2. The van der Waals surface area contributed by atoms with Crippen LogP contribution in [-0.2, 0) is 9.59 Å². The van der Waals surface area contributed by atoms with Gasteiger partial charge in [-0.15, -0.1) is 0 Å². The summed E-state index contributed by atoms with van der Waals surface area (Å²) in [5, 5.41) is 13.4. The molecule has 3 amide bonds. The zero-order chi connectivity index (χ0) is 14.8. The van der Waals surface area contributed by atoms with Gasteiger partial charge in [0.25, 0.3) is 0 Å². The fourth-order valence-electron chi connectivity index (χ4n) is 1.70. The lowest BCUT2D eigenvalue weighted by atomic mass is 10.0. The van der Waals surface area contributed by atoms with Crippen LogP contribution in [0.2, 0.25) is 0 Å². The number of carbonyl (C=O) groups excluding carboxylic acids is 2. The molecule has 0 heterocycles. The molecule has 0 fully saturated rings. The number of aliphatic carboxylic acids is 1. The van der Waals surface area contributed by atoms with Gasteiger partial charge in [0.2, 0.25) is 5.91 Å². The molecule has 0 saturated carbocycles. The minimum Gasteiger partial charge on any atom is -0.481 e. The normalized spacial score (nSPS) is 12.0. The second kappa shape index (κ2) is 9.35. The lowest BCUT2D eigenvalue weighted by molar-refractivity contribution is -0.137. The first-order chi connectivity index (χ1) is 8.86. The number of hydrogen-bond donors (Lipinski definition) is 3. The molecule has 1 unspecified atom stereocenters. The number of unbranched alkanes of at least 4 members (excludes halogenated alkanes) is 1. The quantitative estimate of drug-likeness (QED) is 0.588. The van der Waals surface area contributed by atoms with Gasteiger partial charge in [0.1, 0.15) is 0 Å². The van der Waals surface area contributed by atoms with E-state index >= 15 is 0 Å². The molecule has 0 aliphatic heterocycles. The van der Waals surface area contributed by atoms with Crippen molar-refractivity contribution in [2.24, 2.45) is 5.92 Å². The van der Waals surface area contributed by atoms with Crippen LogP contribution in [0.1, 0.15) is 52.9 Å². The Balaban J connectivity index is 3.86. The first kappa shape index (κ1) is 17.4. The standard InChI is InChI=1S/C13H24N2O4/c1-4-10(9(2)3)14-13(19)15-11(16)7-5-6-8-12(17)18/h9-10H,4-8H2,1-3H3,(H,17,18)(H2,14,15,16,19). The van der Waals surface area contributed by atoms with Crippen molar-refractivity contribution in [2.45, 2.75) is 58.9 Å². The average molecular weight is 272 g/mol. The number of carboxylic acid groups (broad SMARTS) is 1. The highest BCUT2D eigenvalue weighted by atomic mass is 16.4. The summed E-state index contributed by atoms with van der Waals surface area (Å²) >= 11 is 0. The van der Waals surface area contributed by atoms with E-state index in [1.165, 1.54) is 0 Å². The van der Waals surface area contributed by atoms with Gasteiger partial charge in [-0.2, -0.15) is 0 Å². The first-order valence-corrected chi connectivity index (χ1v) is 6.69. The molecule has 3 N–H and O–H groups in total. The number of nitrogens with one attached hydrogen (secondary N) is 2. The Morgan fingerprint density at radius 3 is 2.16 bits per heavy atom. The van der Waals surface area contributed by atoms with E-state index in [4.69, 9.17) is 5.11 Å². The molecule has 0 aromatic carbocycles. The van der Waals surface area contributed by atoms with Crippen molar-refractivity contribution in [3.63, 3.8) is 0 Å². The van der Waals surface area contributed by atoms with Gasteiger partial charge in [-0.05, 0) is 25.2 Å². The third kappa shape index (κ3) is 9.04. The molecule has 0 rings (SSSR count). The van der Waals surface area contributed by atoms with Crippen LogP contribution < -0.4 is 10.6 Å². The van der Waals surface area contributed by atoms with Crippen molar-refractivity contribution in [3.8, 4) is 0 Å². The Labute approximate surface area is 113 Å². The van der Waals surface area contributed by atoms with Gasteiger partial charge >= 0.3 is 12.0 Å². The van der Waals surface area contributed by atoms with Crippen LogP contribution in [0.5, 0.6) is 0 Å². The number of carbonyl (C=O) groups is 3. The Kier molecular flexibility index (Phi) is 8.57. The predicted molar refractivity (Wildman–Crippen MR) is 71.7 cm³/mol. The van der Waals surface area contributed by atoms with E-state index in [1.54, 1.807) is 0 Å². The van der Waals surface area contributed by atoms with E-state index in [1.807, 2.05) is 20.8 Å². The van der Waals surface area contributed by atoms with Crippen molar-refractivity contribution in [2.75, 3.05) is 0 Å².